The van der Waals surface area contributed by atoms with Crippen molar-refractivity contribution < 1.29 is 9.59 Å². The molecule has 6 heteroatoms. The zero-order chi connectivity index (χ0) is 19.1. The Morgan fingerprint density at radius 1 is 1.07 bits per heavy atom. The summed E-state index contributed by atoms with van der Waals surface area (Å²) in [6, 6.07) is 12.3. The van der Waals surface area contributed by atoms with Crippen LogP contribution in [0.5, 0.6) is 0 Å². The molecule has 0 bridgehead atoms. The number of amides is 2. The van der Waals surface area contributed by atoms with E-state index in [-0.39, 0.29) is 23.9 Å². The van der Waals surface area contributed by atoms with Crippen molar-refractivity contribution in [3.8, 4) is 0 Å². The number of nitrogens with zero attached hydrogens (tertiary/aromatic N) is 1. The number of rotatable bonds is 6. The average Bonchev–Trinajstić information content (AvgIpc) is 2.70. The van der Waals surface area contributed by atoms with E-state index >= 15 is 0 Å². The normalized spacial score (nSPS) is 20.5. The number of hydrogen-bond donors (Lipinski definition) is 3. The third-order valence-electron chi connectivity index (χ3n) is 4.94. The van der Waals surface area contributed by atoms with Gasteiger partial charge in [0.1, 0.15) is 6.04 Å². The number of benzene rings is 1. The summed E-state index contributed by atoms with van der Waals surface area (Å²) < 4.78 is 0. The van der Waals surface area contributed by atoms with Gasteiger partial charge in [-0.05, 0) is 49.4 Å². The number of pyridine rings is 1. The molecule has 0 aliphatic heterocycles. The van der Waals surface area contributed by atoms with Crippen LogP contribution in [0.2, 0.25) is 0 Å². The number of aromatic nitrogens is 1. The van der Waals surface area contributed by atoms with Crippen molar-refractivity contribution in [3.63, 3.8) is 0 Å². The molecule has 1 atom stereocenters. The minimum atomic E-state index is -0.655. The van der Waals surface area contributed by atoms with Gasteiger partial charge in [-0.3, -0.25) is 14.6 Å². The Hall–Kier alpha value is -2.73. The van der Waals surface area contributed by atoms with Gasteiger partial charge in [-0.1, -0.05) is 24.3 Å². The van der Waals surface area contributed by atoms with Gasteiger partial charge in [0.2, 0.25) is 5.91 Å². The predicted molar refractivity (Wildman–Crippen MR) is 104 cm³/mol. The standard InChI is InChI=1S/C21H26N4O2/c22-17-8-10-18(11-9-17)24-21(27)19(13-15-5-4-12-23-14-15)25-20(26)16-6-2-1-3-7-16/h1-7,12,14,17-19H,8-11,13,22H2,(H,24,27)(H,25,26). The predicted octanol–water partition coefficient (Wildman–Crippen LogP) is 1.81. The van der Waals surface area contributed by atoms with Gasteiger partial charge in [-0.2, -0.15) is 0 Å². The second-order valence-electron chi connectivity index (χ2n) is 7.08. The van der Waals surface area contributed by atoms with Gasteiger partial charge >= 0.3 is 0 Å². The van der Waals surface area contributed by atoms with Crippen molar-refractivity contribution in [1.29, 1.82) is 0 Å². The Balaban J connectivity index is 1.68. The topological polar surface area (TPSA) is 97.1 Å². The van der Waals surface area contributed by atoms with Crippen LogP contribution in [0.15, 0.2) is 54.9 Å². The van der Waals surface area contributed by atoms with Crippen molar-refractivity contribution in [3.05, 3.63) is 66.0 Å². The first-order chi connectivity index (χ1) is 13.1. The van der Waals surface area contributed by atoms with Gasteiger partial charge in [0.05, 0.1) is 0 Å². The lowest BCUT2D eigenvalue weighted by Gasteiger charge is -2.28. The van der Waals surface area contributed by atoms with E-state index < -0.39 is 6.04 Å². The number of nitrogens with one attached hydrogen (secondary N) is 2. The Labute approximate surface area is 159 Å². The van der Waals surface area contributed by atoms with Gasteiger partial charge in [-0.25, -0.2) is 0 Å². The van der Waals surface area contributed by atoms with E-state index in [0.29, 0.717) is 12.0 Å². The summed E-state index contributed by atoms with van der Waals surface area (Å²) in [6.45, 7) is 0. The van der Waals surface area contributed by atoms with Gasteiger partial charge in [0, 0.05) is 36.5 Å². The summed E-state index contributed by atoms with van der Waals surface area (Å²) in [7, 11) is 0. The maximum absolute atomic E-state index is 12.9. The third-order valence-corrected chi connectivity index (χ3v) is 4.94. The molecule has 1 aromatic heterocycles. The molecule has 0 radical (unpaired) electrons. The number of carbonyl (C=O) groups is 2. The molecule has 1 aromatic carbocycles. The summed E-state index contributed by atoms with van der Waals surface area (Å²) in [6.07, 6.45) is 7.37. The highest BCUT2D eigenvalue weighted by atomic mass is 16.2. The van der Waals surface area contributed by atoms with Crippen LogP contribution in [0, 0.1) is 0 Å². The summed E-state index contributed by atoms with van der Waals surface area (Å²) in [5, 5.41) is 5.96. The second kappa shape index (κ2) is 9.28. The maximum Gasteiger partial charge on any atom is 0.251 e. The first-order valence-electron chi connectivity index (χ1n) is 9.42. The van der Waals surface area contributed by atoms with Crippen LogP contribution in [0.25, 0.3) is 0 Å². The highest BCUT2D eigenvalue weighted by Gasteiger charge is 2.26. The van der Waals surface area contributed by atoms with Crippen molar-refractivity contribution in [2.75, 3.05) is 0 Å². The molecule has 0 saturated heterocycles. The van der Waals surface area contributed by atoms with Gasteiger partial charge in [0.15, 0.2) is 0 Å². The summed E-state index contributed by atoms with van der Waals surface area (Å²) in [5.74, 6) is -0.422. The molecule has 1 saturated carbocycles. The molecule has 1 aliphatic carbocycles. The monoisotopic (exact) mass is 366 g/mol. The Morgan fingerprint density at radius 2 is 1.81 bits per heavy atom. The molecule has 0 spiro atoms. The highest BCUT2D eigenvalue weighted by molar-refractivity contribution is 5.97. The van der Waals surface area contributed by atoms with Crippen molar-refractivity contribution in [2.24, 2.45) is 5.73 Å². The van der Waals surface area contributed by atoms with E-state index in [4.69, 9.17) is 5.73 Å². The number of carbonyl (C=O) groups excluding carboxylic acids is 2. The summed E-state index contributed by atoms with van der Waals surface area (Å²) in [4.78, 5) is 29.5. The molecule has 1 unspecified atom stereocenters. The van der Waals surface area contributed by atoms with Gasteiger partial charge in [-0.15, -0.1) is 0 Å². The van der Waals surface area contributed by atoms with Crippen LogP contribution < -0.4 is 16.4 Å². The molecule has 2 amide bonds. The van der Waals surface area contributed by atoms with Crippen LogP contribution in [0.4, 0.5) is 0 Å². The van der Waals surface area contributed by atoms with E-state index in [2.05, 4.69) is 15.6 Å². The molecule has 27 heavy (non-hydrogen) atoms. The maximum atomic E-state index is 12.9. The lowest BCUT2D eigenvalue weighted by molar-refractivity contribution is -0.123. The van der Waals surface area contributed by atoms with E-state index in [0.717, 1.165) is 31.2 Å². The third kappa shape index (κ3) is 5.62. The zero-order valence-corrected chi connectivity index (χ0v) is 15.3. The lowest BCUT2D eigenvalue weighted by atomic mass is 9.91. The number of nitrogens with two attached hydrogens (primary N) is 1. The summed E-state index contributed by atoms with van der Waals surface area (Å²) in [5.41, 5.74) is 7.38. The van der Waals surface area contributed by atoms with Crippen LogP contribution in [0.3, 0.4) is 0 Å². The highest BCUT2D eigenvalue weighted by Crippen LogP contribution is 2.17. The zero-order valence-electron chi connectivity index (χ0n) is 15.3. The SMILES string of the molecule is NC1CCC(NC(=O)C(Cc2cccnc2)NC(=O)c2ccccc2)CC1. The van der Waals surface area contributed by atoms with Crippen LogP contribution in [0.1, 0.15) is 41.6 Å². The largest absolute Gasteiger partial charge is 0.352 e. The van der Waals surface area contributed by atoms with E-state index in [1.54, 1.807) is 36.7 Å². The van der Waals surface area contributed by atoms with Crippen molar-refractivity contribution in [2.45, 2.75) is 50.2 Å². The van der Waals surface area contributed by atoms with Crippen LogP contribution in [-0.2, 0) is 11.2 Å². The fraction of sp³-hybridized carbons (Fsp3) is 0.381. The molecule has 4 N–H and O–H groups in total. The molecular formula is C21H26N4O2. The summed E-state index contributed by atoms with van der Waals surface area (Å²) >= 11 is 0. The minimum absolute atomic E-state index is 0.113. The van der Waals surface area contributed by atoms with E-state index in [1.807, 2.05) is 18.2 Å². The van der Waals surface area contributed by atoms with Crippen molar-refractivity contribution in [1.82, 2.24) is 15.6 Å². The first kappa shape index (κ1) is 19.0. The van der Waals surface area contributed by atoms with E-state index in [1.165, 1.54) is 0 Å². The molecule has 2 aromatic rings. The van der Waals surface area contributed by atoms with Gasteiger partial charge in [0.25, 0.3) is 5.91 Å². The smallest absolute Gasteiger partial charge is 0.251 e. The lowest BCUT2D eigenvalue weighted by Crippen LogP contribution is -2.51. The second-order valence-corrected chi connectivity index (χ2v) is 7.08. The van der Waals surface area contributed by atoms with Crippen LogP contribution in [-0.4, -0.2) is 34.9 Å². The Bertz CT molecular complexity index is 743. The molecule has 1 fully saturated rings. The Morgan fingerprint density at radius 3 is 2.48 bits per heavy atom. The van der Waals surface area contributed by atoms with Crippen molar-refractivity contribution >= 4 is 11.8 Å². The quantitative estimate of drug-likeness (QED) is 0.726. The molecule has 1 aliphatic rings. The fourth-order valence-electron chi connectivity index (χ4n) is 3.36. The Kier molecular flexibility index (Phi) is 6.54. The van der Waals surface area contributed by atoms with Crippen LogP contribution >= 0.6 is 0 Å². The number of hydrogen-bond acceptors (Lipinski definition) is 4. The molecule has 3 rings (SSSR count). The molecular weight excluding hydrogens is 340 g/mol. The molecule has 6 nitrogen and oxygen atoms in total. The minimum Gasteiger partial charge on any atom is -0.352 e. The first-order valence-corrected chi connectivity index (χ1v) is 9.42. The van der Waals surface area contributed by atoms with Gasteiger partial charge < -0.3 is 16.4 Å². The molecule has 142 valence electrons. The fourth-order valence-corrected chi connectivity index (χ4v) is 3.36. The molecule has 1 heterocycles. The average molecular weight is 366 g/mol. The van der Waals surface area contributed by atoms with E-state index in [9.17, 15) is 9.59 Å².